The number of rotatable bonds is 5. The summed E-state index contributed by atoms with van der Waals surface area (Å²) in [5, 5.41) is 13.9. The highest BCUT2D eigenvalue weighted by Crippen LogP contribution is 2.44. The normalized spacial score (nSPS) is 23.7. The molecule has 1 N–H and O–H groups in total. The van der Waals surface area contributed by atoms with Crippen LogP contribution in [0.25, 0.3) is 0 Å². The monoisotopic (exact) mass is 418 g/mol. The molecule has 5 heteroatoms. The van der Waals surface area contributed by atoms with Gasteiger partial charge in [-0.3, -0.25) is 4.90 Å². The Morgan fingerprint density at radius 3 is 2.65 bits per heavy atom. The largest absolute Gasteiger partial charge is 0.381 e. The van der Waals surface area contributed by atoms with E-state index in [0.717, 1.165) is 69.0 Å². The molecule has 0 bridgehead atoms. The summed E-state index contributed by atoms with van der Waals surface area (Å²) in [6.45, 7) is 11.9. The van der Waals surface area contributed by atoms with Gasteiger partial charge in [0, 0.05) is 38.7 Å². The molecule has 0 saturated carbocycles. The highest BCUT2D eigenvalue weighted by Gasteiger charge is 2.37. The number of ether oxygens (including phenoxy) is 1. The van der Waals surface area contributed by atoms with E-state index in [0.29, 0.717) is 6.61 Å². The topological polar surface area (TPSA) is 51.5 Å². The maximum atomic E-state index is 10.4. The average Bonchev–Trinajstić information content (AvgIpc) is 3.32. The molecule has 0 aliphatic carbocycles. The zero-order valence-electron chi connectivity index (χ0n) is 19.1. The number of hydrogen-bond donors (Lipinski definition) is 1. The summed E-state index contributed by atoms with van der Waals surface area (Å²) in [6.07, 6.45) is 5.26. The molecule has 1 aromatic carbocycles. The van der Waals surface area contributed by atoms with Crippen LogP contribution in [0.1, 0.15) is 38.7 Å². The average molecular weight is 419 g/mol. The van der Waals surface area contributed by atoms with Crippen molar-refractivity contribution < 1.29 is 4.74 Å². The van der Waals surface area contributed by atoms with Crippen molar-refractivity contribution in [2.24, 2.45) is 5.92 Å². The third-order valence-electron chi connectivity index (χ3n) is 6.57. The van der Waals surface area contributed by atoms with Crippen molar-refractivity contribution in [1.82, 2.24) is 10.2 Å². The molecule has 31 heavy (non-hydrogen) atoms. The van der Waals surface area contributed by atoms with E-state index in [1.54, 1.807) is 0 Å². The van der Waals surface area contributed by atoms with Crippen LogP contribution < -0.4 is 10.2 Å². The maximum absolute atomic E-state index is 10.4. The molecule has 2 fully saturated rings. The molecule has 3 aliphatic rings. The predicted molar refractivity (Wildman–Crippen MR) is 125 cm³/mol. The summed E-state index contributed by atoms with van der Waals surface area (Å²) in [4.78, 5) is 4.87. The first-order valence-corrected chi connectivity index (χ1v) is 11.6. The number of hydrogen-bond acceptors (Lipinski definition) is 5. The number of para-hydroxylation sites is 1. The lowest BCUT2D eigenvalue weighted by Gasteiger charge is -2.44. The number of nitrogens with zero attached hydrogens (tertiary/aromatic N) is 3. The maximum Gasteiger partial charge on any atom is 0.117 e. The lowest BCUT2D eigenvalue weighted by atomic mass is 9.83. The molecule has 164 valence electrons. The predicted octanol–water partition coefficient (Wildman–Crippen LogP) is 4.49. The molecule has 3 aliphatic heterocycles. The van der Waals surface area contributed by atoms with E-state index in [-0.39, 0.29) is 5.92 Å². The number of benzene rings is 1. The van der Waals surface area contributed by atoms with Crippen molar-refractivity contribution in [2.75, 3.05) is 44.3 Å². The first-order valence-electron chi connectivity index (χ1n) is 11.6. The number of nitriles is 1. The van der Waals surface area contributed by atoms with Crippen LogP contribution in [0.15, 0.2) is 58.6 Å². The van der Waals surface area contributed by atoms with Crippen LogP contribution in [-0.2, 0) is 4.74 Å². The fourth-order valence-electron chi connectivity index (χ4n) is 5.02. The first kappa shape index (κ1) is 21.7. The fourth-order valence-corrected chi connectivity index (χ4v) is 5.02. The molecular weight excluding hydrogens is 384 g/mol. The molecule has 0 radical (unpaired) electrons. The van der Waals surface area contributed by atoms with Crippen molar-refractivity contribution in [3.63, 3.8) is 0 Å². The van der Waals surface area contributed by atoms with Gasteiger partial charge in [0.2, 0.25) is 0 Å². The second-order valence-corrected chi connectivity index (χ2v) is 8.65. The van der Waals surface area contributed by atoms with E-state index in [2.05, 4.69) is 72.3 Å². The van der Waals surface area contributed by atoms with Crippen molar-refractivity contribution in [2.45, 2.75) is 40.0 Å². The lowest BCUT2D eigenvalue weighted by molar-refractivity contribution is 0.190. The van der Waals surface area contributed by atoms with E-state index in [1.165, 1.54) is 22.5 Å². The lowest BCUT2D eigenvalue weighted by Crippen LogP contribution is -2.48. The Hall–Kier alpha value is -2.55. The molecule has 1 atom stereocenters. The van der Waals surface area contributed by atoms with E-state index in [4.69, 9.17) is 4.74 Å². The molecular formula is C26H34N4O. The van der Waals surface area contributed by atoms with Gasteiger partial charge in [0.1, 0.15) is 11.9 Å². The Labute approximate surface area is 186 Å². The van der Waals surface area contributed by atoms with Crippen LogP contribution >= 0.6 is 0 Å². The van der Waals surface area contributed by atoms with Gasteiger partial charge in [-0.1, -0.05) is 37.6 Å². The van der Waals surface area contributed by atoms with Crippen LogP contribution in [0.4, 0.5) is 5.69 Å². The fraction of sp³-hybridized carbons (Fsp3) is 0.500. The van der Waals surface area contributed by atoms with Crippen LogP contribution in [0.2, 0.25) is 0 Å². The van der Waals surface area contributed by atoms with Crippen molar-refractivity contribution in [1.29, 1.82) is 5.26 Å². The summed E-state index contributed by atoms with van der Waals surface area (Å²) < 4.78 is 5.76. The number of unbranched alkanes of at least 4 members (excludes halogenated alkanes) is 1. The summed E-state index contributed by atoms with van der Waals surface area (Å²) in [5.41, 5.74) is 6.66. The number of anilines is 1. The number of nitrogens with one attached hydrogen (secondary N) is 1. The van der Waals surface area contributed by atoms with Crippen molar-refractivity contribution in [3.05, 3.63) is 64.1 Å². The van der Waals surface area contributed by atoms with E-state index in [9.17, 15) is 5.26 Å². The van der Waals surface area contributed by atoms with Gasteiger partial charge in [-0.2, -0.15) is 5.26 Å². The summed E-state index contributed by atoms with van der Waals surface area (Å²) >= 11 is 0. The molecule has 4 rings (SSSR count). The van der Waals surface area contributed by atoms with Gasteiger partial charge in [-0.05, 0) is 49.5 Å². The van der Waals surface area contributed by atoms with Gasteiger partial charge in [0.15, 0.2) is 0 Å². The Kier molecular flexibility index (Phi) is 6.80. The van der Waals surface area contributed by atoms with Crippen LogP contribution in [0.5, 0.6) is 0 Å². The summed E-state index contributed by atoms with van der Waals surface area (Å²) in [6, 6.07) is 11.1. The number of piperazine rings is 1. The minimum absolute atomic E-state index is 0.289. The third kappa shape index (κ3) is 4.15. The van der Waals surface area contributed by atoms with Crippen molar-refractivity contribution in [3.8, 4) is 6.07 Å². The summed E-state index contributed by atoms with van der Waals surface area (Å²) in [7, 11) is 0. The molecule has 1 aromatic rings. The first-order chi connectivity index (χ1) is 15.2. The molecule has 0 spiro atoms. The standard InChI is InChI=1S/C26H34N4O/c1-4-5-9-24-22(17-27)25(21-11-16-31-18-21)20(3)26(29-14-12-28-13-15-29)30(24)23-10-7-6-8-19(23)2/h6-10,21,28H,4-5,11-16,18H2,1-3H3/b24-9+. The Morgan fingerprint density at radius 1 is 1.23 bits per heavy atom. The van der Waals surface area contributed by atoms with Crippen molar-refractivity contribution >= 4 is 5.69 Å². The van der Waals surface area contributed by atoms with Crippen LogP contribution in [-0.4, -0.2) is 44.3 Å². The van der Waals surface area contributed by atoms with Gasteiger partial charge in [0.05, 0.1) is 23.6 Å². The second-order valence-electron chi connectivity index (χ2n) is 8.65. The molecule has 3 heterocycles. The highest BCUT2D eigenvalue weighted by atomic mass is 16.5. The second kappa shape index (κ2) is 9.72. The smallest absolute Gasteiger partial charge is 0.117 e. The minimum Gasteiger partial charge on any atom is -0.381 e. The molecule has 1 unspecified atom stereocenters. The van der Waals surface area contributed by atoms with Gasteiger partial charge < -0.3 is 15.0 Å². The number of allylic oxidation sites excluding steroid dienone is 3. The van der Waals surface area contributed by atoms with Crippen LogP contribution in [0.3, 0.4) is 0 Å². The Morgan fingerprint density at radius 2 is 2.00 bits per heavy atom. The van der Waals surface area contributed by atoms with Gasteiger partial charge >= 0.3 is 0 Å². The minimum atomic E-state index is 0.289. The van der Waals surface area contributed by atoms with E-state index in [1.807, 2.05) is 0 Å². The number of aryl methyl sites for hydroxylation is 1. The Balaban J connectivity index is 1.96. The summed E-state index contributed by atoms with van der Waals surface area (Å²) in [5.74, 6) is 1.52. The van der Waals surface area contributed by atoms with E-state index < -0.39 is 0 Å². The quantitative estimate of drug-likeness (QED) is 0.763. The molecule has 5 nitrogen and oxygen atoms in total. The highest BCUT2D eigenvalue weighted by molar-refractivity contribution is 5.73. The van der Waals surface area contributed by atoms with E-state index >= 15 is 0 Å². The van der Waals surface area contributed by atoms with Gasteiger partial charge in [-0.15, -0.1) is 0 Å². The third-order valence-corrected chi connectivity index (χ3v) is 6.57. The molecule has 2 saturated heterocycles. The van der Waals surface area contributed by atoms with Gasteiger partial charge in [0.25, 0.3) is 0 Å². The molecule has 0 amide bonds. The zero-order valence-corrected chi connectivity index (χ0v) is 19.1. The molecule has 0 aromatic heterocycles. The Bertz CT molecular complexity index is 940. The van der Waals surface area contributed by atoms with Gasteiger partial charge in [-0.25, -0.2) is 0 Å². The SMILES string of the molecule is CCC/C=C1\C(C#N)=C(C2CCOC2)C(C)=C(N2CCNCC2)N1c1ccccc1C. The zero-order chi connectivity index (χ0) is 21.8. The van der Waals surface area contributed by atoms with Crippen LogP contribution in [0, 0.1) is 24.2 Å².